The second-order valence-electron chi connectivity index (χ2n) is 5.59. The molecular formula is C15H17N3O4. The van der Waals surface area contributed by atoms with Gasteiger partial charge < -0.3 is 9.84 Å². The third-order valence-electron chi connectivity index (χ3n) is 2.62. The van der Waals surface area contributed by atoms with Crippen molar-refractivity contribution in [3.05, 3.63) is 42.1 Å². The van der Waals surface area contributed by atoms with E-state index in [-0.39, 0.29) is 11.4 Å². The lowest BCUT2D eigenvalue weighted by molar-refractivity contribution is 0.0635. The number of hydrogen-bond acceptors (Lipinski definition) is 4. The first kappa shape index (κ1) is 15.6. The molecule has 0 spiro atoms. The number of anilines is 1. The van der Waals surface area contributed by atoms with E-state index in [4.69, 9.17) is 4.74 Å². The van der Waals surface area contributed by atoms with Crippen molar-refractivity contribution in [2.75, 3.05) is 5.32 Å². The van der Waals surface area contributed by atoms with Gasteiger partial charge >= 0.3 is 12.1 Å². The Morgan fingerprint density at radius 2 is 1.86 bits per heavy atom. The summed E-state index contributed by atoms with van der Waals surface area (Å²) in [5, 5.41) is 15.7. The summed E-state index contributed by atoms with van der Waals surface area (Å²) in [5.74, 6) is -1.14. The van der Waals surface area contributed by atoms with E-state index in [9.17, 15) is 14.7 Å². The molecule has 7 heteroatoms. The fourth-order valence-corrected chi connectivity index (χ4v) is 1.79. The molecule has 0 bridgehead atoms. The van der Waals surface area contributed by atoms with Crippen LogP contribution in [0.3, 0.4) is 0 Å². The van der Waals surface area contributed by atoms with Crippen molar-refractivity contribution in [1.82, 2.24) is 9.78 Å². The van der Waals surface area contributed by atoms with Gasteiger partial charge in [0.15, 0.2) is 5.82 Å². The van der Waals surface area contributed by atoms with Gasteiger partial charge in [-0.2, -0.15) is 5.10 Å². The zero-order valence-electron chi connectivity index (χ0n) is 12.5. The lowest BCUT2D eigenvalue weighted by Crippen LogP contribution is -2.28. The van der Waals surface area contributed by atoms with Crippen molar-refractivity contribution in [2.24, 2.45) is 0 Å². The summed E-state index contributed by atoms with van der Waals surface area (Å²) in [6, 6.07) is 8.90. The van der Waals surface area contributed by atoms with Gasteiger partial charge in [-0.15, -0.1) is 0 Å². The minimum atomic E-state index is -1.19. The highest BCUT2D eigenvalue weighted by Gasteiger charge is 2.23. The number of carbonyl (C=O) groups is 2. The zero-order chi connectivity index (χ0) is 16.3. The van der Waals surface area contributed by atoms with Crippen LogP contribution in [0.15, 0.2) is 36.5 Å². The molecule has 0 atom stereocenters. The molecule has 1 amide bonds. The number of aromatic nitrogens is 2. The van der Waals surface area contributed by atoms with Gasteiger partial charge in [0.05, 0.1) is 11.9 Å². The lowest BCUT2D eigenvalue weighted by Gasteiger charge is -2.20. The van der Waals surface area contributed by atoms with Gasteiger partial charge in [0.2, 0.25) is 0 Å². The molecule has 0 aliphatic heterocycles. The van der Waals surface area contributed by atoms with Crippen LogP contribution in [0.4, 0.5) is 10.6 Å². The molecule has 0 aliphatic rings. The van der Waals surface area contributed by atoms with Crippen molar-refractivity contribution in [1.29, 1.82) is 0 Å². The van der Waals surface area contributed by atoms with E-state index in [1.807, 2.05) is 6.07 Å². The fraction of sp³-hybridized carbons (Fsp3) is 0.267. The van der Waals surface area contributed by atoms with Crippen LogP contribution in [0.1, 0.15) is 31.1 Å². The van der Waals surface area contributed by atoms with Crippen LogP contribution in [0.2, 0.25) is 0 Å². The van der Waals surface area contributed by atoms with E-state index in [1.54, 1.807) is 45.0 Å². The van der Waals surface area contributed by atoms with Crippen LogP contribution in [-0.2, 0) is 4.74 Å². The Hall–Kier alpha value is -2.83. The number of ether oxygens (including phenoxy) is 1. The number of nitrogens with zero attached hydrogens (tertiary/aromatic N) is 2. The van der Waals surface area contributed by atoms with E-state index in [0.29, 0.717) is 5.69 Å². The maximum Gasteiger partial charge on any atom is 0.413 e. The predicted octanol–water partition coefficient (Wildman–Crippen LogP) is 2.92. The van der Waals surface area contributed by atoms with Crippen molar-refractivity contribution in [2.45, 2.75) is 26.4 Å². The summed E-state index contributed by atoms with van der Waals surface area (Å²) in [7, 11) is 0. The quantitative estimate of drug-likeness (QED) is 0.909. The standard InChI is InChI=1S/C15H17N3O4/c1-15(2,3)22-14(21)17-12-11(13(19)20)9-16-18(12)10-7-5-4-6-8-10/h4-9H,1-3H3,(H,17,21)(H,19,20). The molecular weight excluding hydrogens is 286 g/mol. The number of nitrogens with one attached hydrogen (secondary N) is 1. The Bertz CT molecular complexity index is 687. The molecule has 22 heavy (non-hydrogen) atoms. The summed E-state index contributed by atoms with van der Waals surface area (Å²) < 4.78 is 6.49. The Morgan fingerprint density at radius 3 is 2.41 bits per heavy atom. The molecule has 0 saturated heterocycles. The average molecular weight is 303 g/mol. The Kier molecular flexibility index (Phi) is 4.16. The van der Waals surface area contributed by atoms with Crippen molar-refractivity contribution in [3.8, 4) is 5.69 Å². The first-order valence-corrected chi connectivity index (χ1v) is 6.64. The highest BCUT2D eigenvalue weighted by molar-refractivity contribution is 5.97. The molecule has 2 aromatic rings. The van der Waals surface area contributed by atoms with Crippen LogP contribution in [0.5, 0.6) is 0 Å². The molecule has 1 aromatic heterocycles. The number of para-hydroxylation sites is 1. The van der Waals surface area contributed by atoms with E-state index < -0.39 is 17.7 Å². The van der Waals surface area contributed by atoms with Gasteiger partial charge in [0.25, 0.3) is 0 Å². The molecule has 0 aliphatic carbocycles. The molecule has 1 heterocycles. The van der Waals surface area contributed by atoms with E-state index in [0.717, 1.165) is 0 Å². The molecule has 0 unspecified atom stereocenters. The normalized spacial score (nSPS) is 11.0. The van der Waals surface area contributed by atoms with Gasteiger partial charge in [0.1, 0.15) is 11.2 Å². The van der Waals surface area contributed by atoms with Crippen LogP contribution >= 0.6 is 0 Å². The summed E-state index contributed by atoms with van der Waals surface area (Å²) in [5.41, 5.74) is -0.179. The predicted molar refractivity (Wildman–Crippen MR) is 80.4 cm³/mol. The van der Waals surface area contributed by atoms with Gasteiger partial charge in [-0.3, -0.25) is 5.32 Å². The van der Waals surface area contributed by atoms with Crippen LogP contribution in [0.25, 0.3) is 5.69 Å². The minimum Gasteiger partial charge on any atom is -0.477 e. The molecule has 2 rings (SSSR count). The fourth-order valence-electron chi connectivity index (χ4n) is 1.79. The maximum absolute atomic E-state index is 11.9. The number of carboxylic acid groups (broad SMARTS) is 1. The van der Waals surface area contributed by atoms with Crippen LogP contribution in [-0.4, -0.2) is 32.6 Å². The van der Waals surface area contributed by atoms with Gasteiger partial charge in [-0.1, -0.05) is 18.2 Å². The summed E-state index contributed by atoms with van der Waals surface area (Å²) in [4.78, 5) is 23.2. The molecule has 2 N–H and O–H groups in total. The molecule has 1 aromatic carbocycles. The van der Waals surface area contributed by atoms with Gasteiger partial charge in [0, 0.05) is 0 Å². The number of rotatable bonds is 3. The smallest absolute Gasteiger partial charge is 0.413 e. The third kappa shape index (κ3) is 3.63. The number of carbonyl (C=O) groups excluding carboxylic acids is 1. The number of hydrogen-bond donors (Lipinski definition) is 2. The third-order valence-corrected chi connectivity index (χ3v) is 2.62. The van der Waals surface area contributed by atoms with Crippen LogP contribution < -0.4 is 5.32 Å². The van der Waals surface area contributed by atoms with Crippen molar-refractivity contribution < 1.29 is 19.4 Å². The number of aromatic carboxylic acids is 1. The molecule has 7 nitrogen and oxygen atoms in total. The van der Waals surface area contributed by atoms with Gasteiger partial charge in [-0.25, -0.2) is 14.3 Å². The van der Waals surface area contributed by atoms with Crippen molar-refractivity contribution >= 4 is 17.9 Å². The Morgan fingerprint density at radius 1 is 1.23 bits per heavy atom. The molecule has 0 saturated carbocycles. The zero-order valence-corrected chi connectivity index (χ0v) is 12.5. The average Bonchev–Trinajstić information content (AvgIpc) is 2.81. The second-order valence-corrected chi connectivity index (χ2v) is 5.59. The lowest BCUT2D eigenvalue weighted by atomic mass is 10.2. The second kappa shape index (κ2) is 5.88. The molecule has 0 fully saturated rings. The minimum absolute atomic E-state index is 0.0490. The Balaban J connectivity index is 2.38. The highest BCUT2D eigenvalue weighted by atomic mass is 16.6. The largest absolute Gasteiger partial charge is 0.477 e. The first-order valence-electron chi connectivity index (χ1n) is 6.64. The number of amides is 1. The van der Waals surface area contributed by atoms with Crippen molar-refractivity contribution in [3.63, 3.8) is 0 Å². The maximum atomic E-state index is 11.9. The van der Waals surface area contributed by atoms with Gasteiger partial charge in [-0.05, 0) is 32.9 Å². The summed E-state index contributed by atoms with van der Waals surface area (Å²) in [6.07, 6.45) is 0.440. The van der Waals surface area contributed by atoms with E-state index >= 15 is 0 Å². The first-order chi connectivity index (χ1) is 10.3. The summed E-state index contributed by atoms with van der Waals surface area (Å²) in [6.45, 7) is 5.16. The van der Waals surface area contributed by atoms with E-state index in [2.05, 4.69) is 10.4 Å². The molecule has 116 valence electrons. The molecule has 0 radical (unpaired) electrons. The summed E-state index contributed by atoms with van der Waals surface area (Å²) >= 11 is 0. The topological polar surface area (TPSA) is 93.4 Å². The highest BCUT2D eigenvalue weighted by Crippen LogP contribution is 2.21. The Labute approximate surface area is 127 Å². The number of carboxylic acids is 1. The SMILES string of the molecule is CC(C)(C)OC(=O)Nc1c(C(=O)O)cnn1-c1ccccc1. The monoisotopic (exact) mass is 303 g/mol. The van der Waals surface area contributed by atoms with Crippen LogP contribution in [0, 0.1) is 0 Å². The number of benzene rings is 1. The van der Waals surface area contributed by atoms with E-state index in [1.165, 1.54) is 10.9 Å².